The molecule has 0 atom stereocenters. The highest BCUT2D eigenvalue weighted by Crippen LogP contribution is 2.29. The number of pyridine rings is 1. The van der Waals surface area contributed by atoms with Crippen LogP contribution < -0.4 is 0 Å². The molecule has 0 unspecified atom stereocenters. The zero-order valence-corrected chi connectivity index (χ0v) is 7.06. The molecular weight excluding hydrogens is 158 g/mol. The van der Waals surface area contributed by atoms with Crippen LogP contribution in [0.15, 0.2) is 34.8 Å². The van der Waals surface area contributed by atoms with E-state index in [4.69, 9.17) is 0 Å². The molecule has 0 fully saturated rings. The van der Waals surface area contributed by atoms with E-state index >= 15 is 0 Å². The molecule has 1 aromatic rings. The monoisotopic (exact) mass is 167 g/mol. The molecule has 1 aromatic heterocycles. The smallest absolute Gasteiger partial charge is 0.148 e. The van der Waals surface area contributed by atoms with Gasteiger partial charge >= 0.3 is 0 Å². The Morgan fingerprint density at radius 2 is 2.45 bits per heavy atom. The van der Waals surface area contributed by atoms with Gasteiger partial charge in [-0.25, -0.2) is 4.98 Å². The van der Waals surface area contributed by atoms with Crippen molar-refractivity contribution in [2.75, 3.05) is 0 Å². The molecule has 0 aliphatic carbocycles. The molecule has 0 aliphatic rings. The molecule has 58 valence electrons. The van der Waals surface area contributed by atoms with Crippen molar-refractivity contribution in [3.8, 4) is 5.75 Å². The molecule has 11 heavy (non-hydrogen) atoms. The molecule has 2 nitrogen and oxygen atoms in total. The van der Waals surface area contributed by atoms with E-state index in [1.807, 2.05) is 6.92 Å². The van der Waals surface area contributed by atoms with E-state index < -0.39 is 0 Å². The second kappa shape index (κ2) is 3.44. The van der Waals surface area contributed by atoms with Gasteiger partial charge in [-0.3, -0.25) is 0 Å². The van der Waals surface area contributed by atoms with Crippen LogP contribution in [0.5, 0.6) is 5.75 Å². The standard InChI is InChI=1S/C8H9NOS/c1-6(2)11-8-7(10)4-3-5-9-8/h3-5,10H,1H2,2H3. The van der Waals surface area contributed by atoms with Gasteiger partial charge in [0.2, 0.25) is 0 Å². The van der Waals surface area contributed by atoms with Crippen LogP contribution in [0.4, 0.5) is 0 Å². The first kappa shape index (κ1) is 8.14. The third-order valence-corrected chi connectivity index (χ3v) is 1.88. The maximum absolute atomic E-state index is 9.23. The second-order valence-corrected chi connectivity index (χ2v) is 3.42. The summed E-state index contributed by atoms with van der Waals surface area (Å²) in [5.41, 5.74) is 0. The fraction of sp³-hybridized carbons (Fsp3) is 0.125. The number of rotatable bonds is 2. The van der Waals surface area contributed by atoms with Crippen LogP contribution in [0, 0.1) is 0 Å². The predicted molar refractivity (Wildman–Crippen MR) is 46.6 cm³/mol. The minimum Gasteiger partial charge on any atom is -0.505 e. The number of hydrogen-bond donors (Lipinski definition) is 1. The molecular formula is C8H9NOS. The van der Waals surface area contributed by atoms with Crippen molar-refractivity contribution in [3.05, 3.63) is 29.8 Å². The van der Waals surface area contributed by atoms with E-state index in [0.717, 1.165) is 4.91 Å². The van der Waals surface area contributed by atoms with Gasteiger partial charge in [-0.1, -0.05) is 18.3 Å². The van der Waals surface area contributed by atoms with Crippen molar-refractivity contribution >= 4 is 11.8 Å². The molecule has 0 saturated heterocycles. The molecule has 0 saturated carbocycles. The highest BCUT2D eigenvalue weighted by atomic mass is 32.2. The van der Waals surface area contributed by atoms with Crippen molar-refractivity contribution in [3.63, 3.8) is 0 Å². The van der Waals surface area contributed by atoms with Crippen molar-refractivity contribution in [1.82, 2.24) is 4.98 Å². The van der Waals surface area contributed by atoms with E-state index in [1.165, 1.54) is 11.8 Å². The summed E-state index contributed by atoms with van der Waals surface area (Å²) in [6.45, 7) is 5.58. The first-order valence-electron chi connectivity index (χ1n) is 3.17. The molecule has 0 aliphatic heterocycles. The van der Waals surface area contributed by atoms with E-state index in [9.17, 15) is 5.11 Å². The van der Waals surface area contributed by atoms with Gasteiger partial charge in [0.15, 0.2) is 0 Å². The van der Waals surface area contributed by atoms with Crippen LogP contribution in [0.2, 0.25) is 0 Å². The SMILES string of the molecule is C=C(C)Sc1ncccc1O. The topological polar surface area (TPSA) is 33.1 Å². The molecule has 0 spiro atoms. The Morgan fingerprint density at radius 3 is 3.00 bits per heavy atom. The second-order valence-electron chi connectivity index (χ2n) is 2.13. The number of aromatic hydroxyl groups is 1. The number of nitrogens with zero attached hydrogens (tertiary/aromatic N) is 1. The first-order chi connectivity index (χ1) is 5.20. The molecule has 1 heterocycles. The number of aromatic nitrogens is 1. The summed E-state index contributed by atoms with van der Waals surface area (Å²) in [5, 5.41) is 9.85. The van der Waals surface area contributed by atoms with Crippen LogP contribution in [0.3, 0.4) is 0 Å². The number of thioether (sulfide) groups is 1. The van der Waals surface area contributed by atoms with E-state index in [2.05, 4.69) is 11.6 Å². The minimum absolute atomic E-state index is 0.209. The van der Waals surface area contributed by atoms with E-state index in [0.29, 0.717) is 5.03 Å². The third-order valence-electron chi connectivity index (χ3n) is 1.02. The molecule has 0 bridgehead atoms. The Kier molecular flexibility index (Phi) is 2.54. The Morgan fingerprint density at radius 1 is 1.73 bits per heavy atom. The summed E-state index contributed by atoms with van der Waals surface area (Å²) in [5.74, 6) is 0.209. The predicted octanol–water partition coefficient (Wildman–Crippen LogP) is 2.41. The third kappa shape index (κ3) is 2.27. The van der Waals surface area contributed by atoms with Crippen LogP contribution in [0.1, 0.15) is 6.92 Å². The first-order valence-corrected chi connectivity index (χ1v) is 3.99. The van der Waals surface area contributed by atoms with Crippen LogP contribution in [-0.2, 0) is 0 Å². The summed E-state index contributed by atoms with van der Waals surface area (Å²) >= 11 is 1.37. The zero-order chi connectivity index (χ0) is 8.27. The van der Waals surface area contributed by atoms with Gasteiger partial charge < -0.3 is 5.11 Å². The highest BCUT2D eigenvalue weighted by Gasteiger charge is 2.00. The fourth-order valence-electron chi connectivity index (χ4n) is 0.626. The van der Waals surface area contributed by atoms with Crippen LogP contribution in [0.25, 0.3) is 0 Å². The minimum atomic E-state index is 0.209. The number of hydrogen-bond acceptors (Lipinski definition) is 3. The zero-order valence-electron chi connectivity index (χ0n) is 6.24. The Bertz CT molecular complexity index is 273. The average molecular weight is 167 g/mol. The van der Waals surface area contributed by atoms with Crippen LogP contribution in [-0.4, -0.2) is 10.1 Å². The average Bonchev–Trinajstić information content (AvgIpc) is 1.93. The number of allylic oxidation sites excluding steroid dienone is 1. The summed E-state index contributed by atoms with van der Waals surface area (Å²) in [7, 11) is 0. The molecule has 0 radical (unpaired) electrons. The van der Waals surface area contributed by atoms with Gasteiger partial charge in [-0.05, 0) is 24.0 Å². The van der Waals surface area contributed by atoms with Gasteiger partial charge in [0.25, 0.3) is 0 Å². The highest BCUT2D eigenvalue weighted by molar-refractivity contribution is 8.03. The van der Waals surface area contributed by atoms with Crippen molar-refractivity contribution in [2.45, 2.75) is 11.9 Å². The van der Waals surface area contributed by atoms with E-state index in [-0.39, 0.29) is 5.75 Å². The largest absolute Gasteiger partial charge is 0.505 e. The fourth-order valence-corrected chi connectivity index (χ4v) is 1.24. The molecule has 0 amide bonds. The van der Waals surface area contributed by atoms with Gasteiger partial charge in [0.05, 0.1) is 0 Å². The maximum atomic E-state index is 9.23. The Hall–Kier alpha value is -0.960. The van der Waals surface area contributed by atoms with E-state index in [1.54, 1.807) is 18.3 Å². The lowest BCUT2D eigenvalue weighted by Crippen LogP contribution is -1.78. The molecule has 0 aromatic carbocycles. The Balaban J connectivity index is 2.86. The quantitative estimate of drug-likeness (QED) is 0.687. The van der Waals surface area contributed by atoms with Gasteiger partial charge in [0.1, 0.15) is 10.8 Å². The van der Waals surface area contributed by atoms with Gasteiger partial charge in [-0.15, -0.1) is 0 Å². The summed E-state index contributed by atoms with van der Waals surface area (Å²) in [6.07, 6.45) is 1.64. The Labute approximate surface area is 70.0 Å². The summed E-state index contributed by atoms with van der Waals surface area (Å²) in [6, 6.07) is 3.30. The van der Waals surface area contributed by atoms with Gasteiger partial charge in [-0.2, -0.15) is 0 Å². The van der Waals surface area contributed by atoms with Crippen LogP contribution >= 0.6 is 11.8 Å². The molecule has 1 rings (SSSR count). The molecule has 3 heteroatoms. The van der Waals surface area contributed by atoms with Crippen molar-refractivity contribution in [1.29, 1.82) is 0 Å². The maximum Gasteiger partial charge on any atom is 0.148 e. The normalized spacial score (nSPS) is 9.55. The summed E-state index contributed by atoms with van der Waals surface area (Å²) in [4.78, 5) is 4.89. The summed E-state index contributed by atoms with van der Waals surface area (Å²) < 4.78 is 0. The lowest BCUT2D eigenvalue weighted by molar-refractivity contribution is 0.457. The lowest BCUT2D eigenvalue weighted by atomic mass is 10.5. The molecule has 1 N–H and O–H groups in total. The van der Waals surface area contributed by atoms with Crippen molar-refractivity contribution in [2.24, 2.45) is 0 Å². The van der Waals surface area contributed by atoms with Gasteiger partial charge in [0, 0.05) is 6.20 Å². The lowest BCUT2D eigenvalue weighted by Gasteiger charge is -1.99. The van der Waals surface area contributed by atoms with Crippen molar-refractivity contribution < 1.29 is 5.11 Å².